The number of hydrogen-bond acceptors (Lipinski definition) is 5. The quantitative estimate of drug-likeness (QED) is 0.472. The average Bonchev–Trinajstić information content (AvgIpc) is 2.80. The number of amides is 1. The zero-order chi connectivity index (χ0) is 23.4. The maximum atomic E-state index is 12.3. The van der Waals surface area contributed by atoms with Crippen LogP contribution in [0, 0.1) is 5.92 Å². The van der Waals surface area contributed by atoms with Gasteiger partial charge in [-0.2, -0.15) is 4.98 Å². The van der Waals surface area contributed by atoms with Gasteiger partial charge in [0.2, 0.25) is 11.9 Å². The fraction of sp³-hybridized carbons (Fsp3) is 0.400. The highest BCUT2D eigenvalue weighted by Gasteiger charge is 2.23. The molecule has 1 aliphatic rings. The second-order valence-corrected chi connectivity index (χ2v) is 9.69. The van der Waals surface area contributed by atoms with Crippen molar-refractivity contribution in [3.8, 4) is 0 Å². The standard InChI is InChI=1S/C25H29Cl2N5O/c1-32(2)24-19-5-3-4-6-22(19)30-25(31-24)29-18-10-7-16(8-11-18)15-28-23(33)14-17-9-12-20(26)21(27)13-17/h3-6,9,12-13,16,18H,7-8,10-11,14-15H2,1-2H3,(H,28,33)(H,29,30,31)/t16-,18+. The summed E-state index contributed by atoms with van der Waals surface area (Å²) >= 11 is 12.0. The summed E-state index contributed by atoms with van der Waals surface area (Å²) in [5.74, 6) is 2.09. The van der Waals surface area contributed by atoms with Crippen LogP contribution in [0.25, 0.3) is 10.9 Å². The molecule has 33 heavy (non-hydrogen) atoms. The average molecular weight is 486 g/mol. The first kappa shape index (κ1) is 23.6. The molecule has 174 valence electrons. The lowest BCUT2D eigenvalue weighted by Gasteiger charge is -2.29. The number of hydrogen-bond donors (Lipinski definition) is 2. The fourth-order valence-corrected chi connectivity index (χ4v) is 4.64. The smallest absolute Gasteiger partial charge is 0.225 e. The number of carbonyl (C=O) groups is 1. The molecule has 1 aliphatic carbocycles. The van der Waals surface area contributed by atoms with E-state index in [0.717, 1.165) is 48.0 Å². The van der Waals surface area contributed by atoms with Crippen LogP contribution >= 0.6 is 23.2 Å². The number of benzene rings is 2. The van der Waals surface area contributed by atoms with Crippen LogP contribution in [0.2, 0.25) is 10.0 Å². The van der Waals surface area contributed by atoms with E-state index in [9.17, 15) is 4.79 Å². The van der Waals surface area contributed by atoms with Gasteiger partial charge in [-0.05, 0) is 61.4 Å². The molecule has 1 heterocycles. The van der Waals surface area contributed by atoms with E-state index in [1.165, 1.54) is 0 Å². The molecule has 6 nitrogen and oxygen atoms in total. The normalized spacial score (nSPS) is 18.2. The van der Waals surface area contributed by atoms with Crippen molar-refractivity contribution in [1.82, 2.24) is 15.3 Å². The Morgan fingerprint density at radius 2 is 1.79 bits per heavy atom. The molecule has 0 unspecified atom stereocenters. The first-order valence-electron chi connectivity index (χ1n) is 11.3. The molecule has 3 aromatic rings. The molecule has 0 saturated heterocycles. The lowest BCUT2D eigenvalue weighted by Crippen LogP contribution is -2.34. The van der Waals surface area contributed by atoms with E-state index in [2.05, 4.69) is 16.7 Å². The summed E-state index contributed by atoms with van der Waals surface area (Å²) in [6.45, 7) is 0.699. The molecule has 8 heteroatoms. The van der Waals surface area contributed by atoms with Gasteiger partial charge in [-0.25, -0.2) is 4.98 Å². The molecule has 2 aromatic carbocycles. The number of halogens is 2. The molecular weight excluding hydrogens is 457 g/mol. The summed E-state index contributed by atoms with van der Waals surface area (Å²) in [7, 11) is 4.00. The van der Waals surface area contributed by atoms with Crippen molar-refractivity contribution < 1.29 is 4.79 Å². The number of rotatable bonds is 7. The predicted octanol–water partition coefficient (Wildman–Crippen LogP) is 5.33. The van der Waals surface area contributed by atoms with E-state index in [4.69, 9.17) is 33.2 Å². The Balaban J connectivity index is 1.27. The zero-order valence-corrected chi connectivity index (χ0v) is 20.5. The van der Waals surface area contributed by atoms with E-state index in [1.54, 1.807) is 12.1 Å². The summed E-state index contributed by atoms with van der Waals surface area (Å²) < 4.78 is 0. The zero-order valence-electron chi connectivity index (χ0n) is 18.9. The maximum Gasteiger partial charge on any atom is 0.225 e. The Labute approximate surface area is 204 Å². The van der Waals surface area contributed by atoms with Gasteiger partial charge in [-0.3, -0.25) is 4.79 Å². The number of nitrogens with one attached hydrogen (secondary N) is 2. The highest BCUT2D eigenvalue weighted by Crippen LogP contribution is 2.28. The minimum atomic E-state index is 0.00872. The van der Waals surface area contributed by atoms with Crippen molar-refractivity contribution in [2.45, 2.75) is 38.1 Å². The van der Waals surface area contributed by atoms with Gasteiger partial charge < -0.3 is 15.5 Å². The topological polar surface area (TPSA) is 70.2 Å². The highest BCUT2D eigenvalue weighted by atomic mass is 35.5. The number of anilines is 2. The number of nitrogens with zero attached hydrogens (tertiary/aromatic N) is 3. The maximum absolute atomic E-state index is 12.3. The summed E-state index contributed by atoms with van der Waals surface area (Å²) in [6.07, 6.45) is 4.47. The molecule has 2 N–H and O–H groups in total. The van der Waals surface area contributed by atoms with Gasteiger partial charge in [-0.1, -0.05) is 41.4 Å². The van der Waals surface area contributed by atoms with E-state index in [-0.39, 0.29) is 5.91 Å². The van der Waals surface area contributed by atoms with Gasteiger partial charge in [0.25, 0.3) is 0 Å². The van der Waals surface area contributed by atoms with Crippen molar-refractivity contribution in [2.24, 2.45) is 5.92 Å². The van der Waals surface area contributed by atoms with Crippen LogP contribution in [0.4, 0.5) is 11.8 Å². The second kappa shape index (κ2) is 10.6. The van der Waals surface area contributed by atoms with Gasteiger partial charge in [0.15, 0.2) is 0 Å². The molecule has 0 radical (unpaired) electrons. The Morgan fingerprint density at radius 3 is 2.52 bits per heavy atom. The van der Waals surface area contributed by atoms with Crippen molar-refractivity contribution in [1.29, 1.82) is 0 Å². The number of fused-ring (bicyclic) bond motifs is 1. The minimum Gasteiger partial charge on any atom is -0.362 e. The first-order chi connectivity index (χ1) is 15.9. The molecular formula is C25H29Cl2N5O. The third kappa shape index (κ3) is 6.06. The molecule has 0 atom stereocenters. The third-order valence-electron chi connectivity index (χ3n) is 6.12. The van der Waals surface area contributed by atoms with E-state index < -0.39 is 0 Å². The molecule has 0 bridgehead atoms. The molecule has 1 amide bonds. The second-order valence-electron chi connectivity index (χ2n) is 8.87. The van der Waals surface area contributed by atoms with Crippen LogP contribution in [0.1, 0.15) is 31.2 Å². The van der Waals surface area contributed by atoms with Crippen LogP contribution in [-0.4, -0.2) is 42.6 Å². The van der Waals surface area contributed by atoms with Crippen LogP contribution in [0.3, 0.4) is 0 Å². The van der Waals surface area contributed by atoms with E-state index >= 15 is 0 Å². The monoisotopic (exact) mass is 485 g/mol. The Bertz CT molecular complexity index is 1130. The van der Waals surface area contributed by atoms with Gasteiger partial charge in [0, 0.05) is 32.1 Å². The summed E-state index contributed by atoms with van der Waals surface area (Å²) in [6, 6.07) is 13.7. The summed E-state index contributed by atoms with van der Waals surface area (Å²) in [5.41, 5.74) is 1.80. The SMILES string of the molecule is CN(C)c1nc(N[C@H]2CC[C@@H](CNC(=O)Cc3ccc(Cl)c(Cl)c3)CC2)nc2ccccc12. The largest absolute Gasteiger partial charge is 0.362 e. The predicted molar refractivity (Wildman–Crippen MR) is 136 cm³/mol. The molecule has 4 rings (SSSR count). The highest BCUT2D eigenvalue weighted by molar-refractivity contribution is 6.42. The number of carbonyl (C=O) groups excluding carboxylic acids is 1. The van der Waals surface area contributed by atoms with Crippen molar-refractivity contribution in [3.05, 3.63) is 58.1 Å². The van der Waals surface area contributed by atoms with Crippen LogP contribution < -0.4 is 15.5 Å². The van der Waals surface area contributed by atoms with Crippen molar-refractivity contribution in [3.63, 3.8) is 0 Å². The van der Waals surface area contributed by atoms with Gasteiger partial charge in [0.05, 0.1) is 22.0 Å². The Hall–Kier alpha value is -2.57. The van der Waals surface area contributed by atoms with Crippen LogP contribution in [-0.2, 0) is 11.2 Å². The van der Waals surface area contributed by atoms with Crippen LogP contribution in [0.15, 0.2) is 42.5 Å². The summed E-state index contributed by atoms with van der Waals surface area (Å²) in [4.78, 5) is 23.8. The van der Waals surface area contributed by atoms with Gasteiger partial charge >= 0.3 is 0 Å². The van der Waals surface area contributed by atoms with E-state index in [0.29, 0.717) is 40.9 Å². The summed E-state index contributed by atoms with van der Waals surface area (Å²) in [5, 5.41) is 8.63. The minimum absolute atomic E-state index is 0.00872. The Morgan fingerprint density at radius 1 is 1.03 bits per heavy atom. The molecule has 0 aliphatic heterocycles. The number of para-hydroxylation sites is 1. The van der Waals surface area contributed by atoms with Crippen LogP contribution in [0.5, 0.6) is 0 Å². The first-order valence-corrected chi connectivity index (χ1v) is 12.1. The van der Waals surface area contributed by atoms with Crippen molar-refractivity contribution in [2.75, 3.05) is 30.9 Å². The molecule has 0 spiro atoms. The van der Waals surface area contributed by atoms with E-state index in [1.807, 2.05) is 43.3 Å². The van der Waals surface area contributed by atoms with Crippen molar-refractivity contribution >= 4 is 51.8 Å². The molecule has 1 aromatic heterocycles. The fourth-order valence-electron chi connectivity index (χ4n) is 4.31. The lowest BCUT2D eigenvalue weighted by molar-refractivity contribution is -0.120. The number of aromatic nitrogens is 2. The third-order valence-corrected chi connectivity index (χ3v) is 6.86. The van der Waals surface area contributed by atoms with Gasteiger partial charge in [-0.15, -0.1) is 0 Å². The van der Waals surface area contributed by atoms with Gasteiger partial charge in [0.1, 0.15) is 5.82 Å². The Kier molecular flexibility index (Phi) is 7.56. The molecule has 1 fully saturated rings. The molecule has 1 saturated carbocycles. The lowest BCUT2D eigenvalue weighted by atomic mass is 9.86.